The van der Waals surface area contributed by atoms with Crippen LogP contribution >= 0.6 is 0 Å². The zero-order chi connectivity index (χ0) is 27.1. The second-order valence-corrected chi connectivity index (χ2v) is 10.4. The molecule has 1 aliphatic rings. The number of aromatic nitrogens is 1. The summed E-state index contributed by atoms with van der Waals surface area (Å²) in [5.41, 5.74) is 3.88. The fraction of sp³-hybridized carbons (Fsp3) is 0.467. The van der Waals surface area contributed by atoms with Crippen molar-refractivity contribution in [3.8, 4) is 0 Å². The quantitative estimate of drug-likeness (QED) is 0.367. The van der Waals surface area contributed by atoms with Crippen molar-refractivity contribution in [1.29, 1.82) is 0 Å². The van der Waals surface area contributed by atoms with Crippen molar-refractivity contribution < 1.29 is 19.1 Å². The van der Waals surface area contributed by atoms with E-state index in [1.54, 1.807) is 7.11 Å². The van der Waals surface area contributed by atoms with Gasteiger partial charge in [0.2, 0.25) is 0 Å². The molecule has 0 radical (unpaired) electrons. The van der Waals surface area contributed by atoms with Gasteiger partial charge >= 0.3 is 6.09 Å². The fourth-order valence-electron chi connectivity index (χ4n) is 5.13. The molecule has 8 nitrogen and oxygen atoms in total. The van der Waals surface area contributed by atoms with Gasteiger partial charge in [0.25, 0.3) is 5.91 Å². The average molecular weight is 521 g/mol. The first-order chi connectivity index (χ1) is 18.4. The van der Waals surface area contributed by atoms with Crippen LogP contribution in [0.4, 0.5) is 4.79 Å². The predicted octanol–water partition coefficient (Wildman–Crippen LogP) is 4.35. The minimum Gasteiger partial charge on any atom is -0.445 e. The van der Waals surface area contributed by atoms with Gasteiger partial charge in [0.05, 0.1) is 6.04 Å². The first-order valence-electron chi connectivity index (χ1n) is 13.4. The van der Waals surface area contributed by atoms with E-state index in [9.17, 15) is 9.59 Å². The van der Waals surface area contributed by atoms with Gasteiger partial charge in [-0.05, 0) is 50.5 Å². The number of rotatable bonds is 11. The van der Waals surface area contributed by atoms with Crippen molar-refractivity contribution in [3.63, 3.8) is 0 Å². The number of ether oxygens (including phenoxy) is 2. The average Bonchev–Trinajstić information content (AvgIpc) is 3.49. The first kappa shape index (κ1) is 27.7. The molecule has 2 unspecified atom stereocenters. The van der Waals surface area contributed by atoms with Gasteiger partial charge in [0.15, 0.2) is 0 Å². The van der Waals surface area contributed by atoms with E-state index >= 15 is 0 Å². The number of aryl methyl sites for hydroxylation is 2. The standard InChI is InChI=1S/C30H40N4O4/c1-21(2)34(19-25-16-31-17-27(25)32-30(36)38-20-23-9-6-5-7-10-23)29(35)24-11-12-26-22(3)18-33(28(26)15-24)13-8-14-37-4/h5-7,9-12,15,18,21,25,27,31H,8,13-14,16-17,19-20H2,1-4H3,(H,32,36). The van der Waals surface area contributed by atoms with Crippen LogP contribution < -0.4 is 10.6 Å². The second kappa shape index (κ2) is 12.9. The molecule has 3 aromatic rings. The van der Waals surface area contributed by atoms with Crippen LogP contribution in [0, 0.1) is 12.8 Å². The first-order valence-corrected chi connectivity index (χ1v) is 13.4. The highest BCUT2D eigenvalue weighted by molar-refractivity contribution is 5.98. The molecule has 4 rings (SSSR count). The Kier molecular flexibility index (Phi) is 9.42. The Labute approximate surface area is 225 Å². The van der Waals surface area contributed by atoms with Gasteiger partial charge in [-0.2, -0.15) is 0 Å². The number of carbonyl (C=O) groups is 2. The Morgan fingerprint density at radius 1 is 1.16 bits per heavy atom. The van der Waals surface area contributed by atoms with Gasteiger partial charge in [-0.3, -0.25) is 4.79 Å². The molecule has 204 valence electrons. The normalized spacial score (nSPS) is 17.2. The van der Waals surface area contributed by atoms with Gasteiger partial charge in [0.1, 0.15) is 6.61 Å². The Morgan fingerprint density at radius 3 is 2.68 bits per heavy atom. The van der Waals surface area contributed by atoms with Crippen LogP contribution in [0.5, 0.6) is 0 Å². The van der Waals surface area contributed by atoms with Crippen LogP contribution in [0.25, 0.3) is 10.9 Å². The maximum Gasteiger partial charge on any atom is 0.407 e. The molecule has 1 aliphatic heterocycles. The number of nitrogens with one attached hydrogen (secondary N) is 2. The number of fused-ring (bicyclic) bond motifs is 1. The minimum absolute atomic E-state index is 0.00139. The lowest BCUT2D eigenvalue weighted by molar-refractivity contribution is 0.0667. The zero-order valence-electron chi connectivity index (χ0n) is 22.9. The molecule has 1 saturated heterocycles. The highest BCUT2D eigenvalue weighted by Gasteiger charge is 2.33. The van der Waals surface area contributed by atoms with E-state index in [2.05, 4.69) is 28.3 Å². The van der Waals surface area contributed by atoms with E-state index in [0.717, 1.165) is 36.0 Å². The third kappa shape index (κ3) is 6.74. The summed E-state index contributed by atoms with van der Waals surface area (Å²) >= 11 is 0. The largest absolute Gasteiger partial charge is 0.445 e. The Bertz CT molecular complexity index is 1220. The summed E-state index contributed by atoms with van der Waals surface area (Å²) < 4.78 is 12.9. The summed E-state index contributed by atoms with van der Waals surface area (Å²) in [6.07, 6.45) is 2.61. The Morgan fingerprint density at radius 2 is 1.95 bits per heavy atom. The maximum atomic E-state index is 13.7. The molecule has 2 amide bonds. The van der Waals surface area contributed by atoms with Crippen molar-refractivity contribution in [2.24, 2.45) is 5.92 Å². The van der Waals surface area contributed by atoms with Crippen molar-refractivity contribution in [1.82, 2.24) is 20.1 Å². The summed E-state index contributed by atoms with van der Waals surface area (Å²) in [6.45, 7) is 9.84. The molecule has 2 aromatic carbocycles. The maximum absolute atomic E-state index is 13.7. The molecule has 8 heteroatoms. The molecule has 2 atom stereocenters. The third-order valence-corrected chi connectivity index (χ3v) is 7.25. The topological polar surface area (TPSA) is 84.8 Å². The summed E-state index contributed by atoms with van der Waals surface area (Å²) in [4.78, 5) is 28.2. The van der Waals surface area contributed by atoms with Crippen molar-refractivity contribution in [3.05, 3.63) is 71.4 Å². The zero-order valence-corrected chi connectivity index (χ0v) is 22.9. The lowest BCUT2D eigenvalue weighted by Gasteiger charge is -2.31. The molecular formula is C30H40N4O4. The smallest absolute Gasteiger partial charge is 0.407 e. The van der Waals surface area contributed by atoms with Gasteiger partial charge in [-0.15, -0.1) is 0 Å². The molecule has 38 heavy (non-hydrogen) atoms. The van der Waals surface area contributed by atoms with E-state index in [4.69, 9.17) is 9.47 Å². The lowest BCUT2D eigenvalue weighted by Crippen LogP contribution is -2.47. The number of hydrogen-bond acceptors (Lipinski definition) is 5. The van der Waals surface area contributed by atoms with Crippen molar-refractivity contribution in [2.75, 3.05) is 33.4 Å². The summed E-state index contributed by atoms with van der Waals surface area (Å²) in [6, 6.07) is 15.5. The Hall–Kier alpha value is -3.36. The van der Waals surface area contributed by atoms with E-state index < -0.39 is 6.09 Å². The second-order valence-electron chi connectivity index (χ2n) is 10.4. The van der Waals surface area contributed by atoms with Gasteiger partial charge < -0.3 is 29.6 Å². The van der Waals surface area contributed by atoms with Gasteiger partial charge in [-0.1, -0.05) is 36.4 Å². The van der Waals surface area contributed by atoms with Crippen LogP contribution in [0.1, 0.15) is 41.8 Å². The van der Waals surface area contributed by atoms with Gasteiger partial charge in [-0.25, -0.2) is 4.79 Å². The molecule has 0 saturated carbocycles. The van der Waals surface area contributed by atoms with E-state index in [1.807, 2.05) is 67.3 Å². The molecule has 0 bridgehead atoms. The minimum atomic E-state index is -0.440. The van der Waals surface area contributed by atoms with E-state index in [1.165, 1.54) is 5.56 Å². The van der Waals surface area contributed by atoms with Crippen LogP contribution in [-0.4, -0.2) is 66.9 Å². The molecule has 2 N–H and O–H groups in total. The van der Waals surface area contributed by atoms with Crippen molar-refractivity contribution in [2.45, 2.75) is 52.4 Å². The number of nitrogens with zero attached hydrogens (tertiary/aromatic N) is 2. The molecule has 0 spiro atoms. The highest BCUT2D eigenvalue weighted by atomic mass is 16.5. The van der Waals surface area contributed by atoms with Crippen LogP contribution in [0.3, 0.4) is 0 Å². The number of methoxy groups -OCH3 is 1. The van der Waals surface area contributed by atoms with Crippen molar-refractivity contribution >= 4 is 22.9 Å². The van der Waals surface area contributed by atoms with Crippen LogP contribution in [-0.2, 0) is 22.6 Å². The Balaban J connectivity index is 1.43. The number of alkyl carbamates (subject to hydrolysis) is 1. The predicted molar refractivity (Wildman–Crippen MR) is 149 cm³/mol. The monoisotopic (exact) mass is 520 g/mol. The highest BCUT2D eigenvalue weighted by Crippen LogP contribution is 2.24. The molecule has 0 aliphatic carbocycles. The SMILES string of the molecule is COCCCn1cc(C)c2ccc(C(=O)N(CC3CNCC3NC(=O)OCc3ccccc3)C(C)C)cc21. The number of carbonyl (C=O) groups excluding carboxylic acids is 2. The number of hydrogen-bond donors (Lipinski definition) is 2. The third-order valence-electron chi connectivity index (χ3n) is 7.25. The summed E-state index contributed by atoms with van der Waals surface area (Å²) in [5, 5.41) is 7.53. The van der Waals surface area contributed by atoms with E-state index in [0.29, 0.717) is 25.3 Å². The lowest BCUT2D eigenvalue weighted by atomic mass is 10.0. The fourth-order valence-corrected chi connectivity index (χ4v) is 5.13. The van der Waals surface area contributed by atoms with Crippen LogP contribution in [0.2, 0.25) is 0 Å². The summed E-state index contributed by atoms with van der Waals surface area (Å²) in [7, 11) is 1.71. The summed E-state index contributed by atoms with van der Waals surface area (Å²) in [5.74, 6) is 0.0796. The molecule has 1 fully saturated rings. The van der Waals surface area contributed by atoms with Crippen LogP contribution in [0.15, 0.2) is 54.7 Å². The van der Waals surface area contributed by atoms with Gasteiger partial charge in [0, 0.05) is 74.5 Å². The molecule has 2 heterocycles. The van der Waals surface area contributed by atoms with E-state index in [-0.39, 0.29) is 30.5 Å². The molecular weight excluding hydrogens is 480 g/mol. The number of benzene rings is 2. The molecule has 1 aromatic heterocycles. The number of amides is 2.